The van der Waals surface area contributed by atoms with Gasteiger partial charge >= 0.3 is 0 Å². The number of amides is 1. The third-order valence-corrected chi connectivity index (χ3v) is 6.20. The van der Waals surface area contributed by atoms with Crippen LogP contribution in [0.15, 0.2) is 30.3 Å². The lowest BCUT2D eigenvalue weighted by atomic mass is 10.1. The molecule has 7 nitrogen and oxygen atoms in total. The third-order valence-electron chi connectivity index (χ3n) is 4.67. The number of likely N-dealkylation sites (N-methyl/N-ethyl adjacent to an activating group) is 1. The molecule has 0 aliphatic heterocycles. The topological polar surface area (TPSA) is 79.6 Å². The summed E-state index contributed by atoms with van der Waals surface area (Å²) >= 11 is 7.68. The van der Waals surface area contributed by atoms with Crippen LogP contribution >= 0.6 is 22.9 Å². The molecule has 0 fully saturated rings. The van der Waals surface area contributed by atoms with Gasteiger partial charge in [0.25, 0.3) is 11.6 Å². The molecular weight excluding hydrogens is 412 g/mol. The molecule has 0 saturated carbocycles. The second-order valence-electron chi connectivity index (χ2n) is 7.01. The summed E-state index contributed by atoms with van der Waals surface area (Å²) in [6, 6.07) is 8.25. The Morgan fingerprint density at radius 3 is 2.55 bits per heavy atom. The van der Waals surface area contributed by atoms with Crippen molar-refractivity contribution >= 4 is 49.9 Å². The van der Waals surface area contributed by atoms with Gasteiger partial charge in [-0.1, -0.05) is 35.1 Å². The van der Waals surface area contributed by atoms with Crippen LogP contribution < -0.4 is 4.90 Å². The Hall–Kier alpha value is -2.55. The zero-order chi connectivity index (χ0) is 21.3. The highest BCUT2D eigenvalue weighted by atomic mass is 35.5. The largest absolute Gasteiger partial charge is 0.308 e. The Bertz CT molecular complexity index is 1060. The number of rotatable bonds is 6. The molecule has 29 heavy (non-hydrogen) atoms. The minimum Gasteiger partial charge on any atom is -0.308 e. The molecule has 152 valence electrons. The van der Waals surface area contributed by atoms with Crippen LogP contribution in [0.5, 0.6) is 0 Å². The number of nitrogens with zero attached hydrogens (tertiary/aromatic N) is 4. The van der Waals surface area contributed by atoms with E-state index in [1.807, 2.05) is 38.1 Å². The monoisotopic (exact) mass is 432 g/mol. The lowest BCUT2D eigenvalue weighted by molar-refractivity contribution is -0.385. The first-order valence-electron chi connectivity index (χ1n) is 8.97. The van der Waals surface area contributed by atoms with E-state index in [1.54, 1.807) is 17.9 Å². The number of nitro benzene ring substituents is 1. The quantitative estimate of drug-likeness (QED) is 0.417. The van der Waals surface area contributed by atoms with E-state index in [0.29, 0.717) is 34.4 Å². The fraction of sp³-hybridized carbons (Fsp3) is 0.300. The normalized spacial score (nSPS) is 11.2. The maximum atomic E-state index is 13.4. The molecule has 9 heteroatoms. The van der Waals surface area contributed by atoms with E-state index in [0.717, 1.165) is 15.8 Å². The summed E-state index contributed by atoms with van der Waals surface area (Å²) in [6.45, 7) is 4.54. The van der Waals surface area contributed by atoms with Crippen molar-refractivity contribution in [2.75, 3.05) is 32.1 Å². The summed E-state index contributed by atoms with van der Waals surface area (Å²) < 4.78 is 0.820. The van der Waals surface area contributed by atoms with E-state index in [4.69, 9.17) is 11.6 Å². The van der Waals surface area contributed by atoms with E-state index in [2.05, 4.69) is 4.98 Å². The van der Waals surface area contributed by atoms with Crippen LogP contribution in [0.25, 0.3) is 10.2 Å². The Kier molecular flexibility index (Phi) is 6.16. The van der Waals surface area contributed by atoms with Crippen molar-refractivity contribution in [2.24, 2.45) is 0 Å². The van der Waals surface area contributed by atoms with Crippen LogP contribution in [0.4, 0.5) is 10.8 Å². The van der Waals surface area contributed by atoms with Gasteiger partial charge in [-0.3, -0.25) is 19.8 Å². The van der Waals surface area contributed by atoms with Crippen molar-refractivity contribution < 1.29 is 9.72 Å². The standard InChI is InChI=1S/C20H21ClN4O3S/c1-12-8-9-15(21)18-17(12)22-20(29-18)24(11-10-23(3)4)19(26)14-6-5-7-16(13(14)2)25(27)28/h5-9H,10-11H2,1-4H3. The summed E-state index contributed by atoms with van der Waals surface area (Å²) in [6.07, 6.45) is 0. The minimum absolute atomic E-state index is 0.0772. The molecule has 3 aromatic rings. The predicted octanol–water partition coefficient (Wildman–Crippen LogP) is 4.68. The van der Waals surface area contributed by atoms with Gasteiger partial charge in [-0.2, -0.15) is 0 Å². The van der Waals surface area contributed by atoms with E-state index in [1.165, 1.54) is 23.5 Å². The highest BCUT2D eigenvalue weighted by Crippen LogP contribution is 2.36. The van der Waals surface area contributed by atoms with Crippen LogP contribution in [0.1, 0.15) is 21.5 Å². The third kappa shape index (κ3) is 4.24. The molecule has 1 amide bonds. The van der Waals surface area contributed by atoms with Crippen molar-refractivity contribution in [1.29, 1.82) is 0 Å². The summed E-state index contributed by atoms with van der Waals surface area (Å²) in [5.41, 5.74) is 2.29. The van der Waals surface area contributed by atoms with Gasteiger partial charge in [0, 0.05) is 30.3 Å². The van der Waals surface area contributed by atoms with Crippen LogP contribution in [0.3, 0.4) is 0 Å². The molecule has 1 aromatic heterocycles. The SMILES string of the molecule is Cc1c(C(=O)N(CCN(C)C)c2nc3c(C)ccc(Cl)c3s2)cccc1[N+](=O)[O-]. The molecule has 0 bridgehead atoms. The number of benzene rings is 2. The summed E-state index contributed by atoms with van der Waals surface area (Å²) in [4.78, 5) is 32.4. The van der Waals surface area contributed by atoms with Gasteiger partial charge in [0.05, 0.1) is 20.2 Å². The fourth-order valence-electron chi connectivity index (χ4n) is 2.99. The Morgan fingerprint density at radius 2 is 1.93 bits per heavy atom. The maximum absolute atomic E-state index is 13.4. The van der Waals surface area contributed by atoms with Gasteiger partial charge in [0.15, 0.2) is 5.13 Å². The molecular formula is C20H21ClN4O3S. The molecule has 3 rings (SSSR count). The highest BCUT2D eigenvalue weighted by molar-refractivity contribution is 7.23. The summed E-state index contributed by atoms with van der Waals surface area (Å²) in [7, 11) is 3.83. The van der Waals surface area contributed by atoms with Gasteiger partial charge in [0.1, 0.15) is 0 Å². The lowest BCUT2D eigenvalue weighted by Gasteiger charge is -2.22. The van der Waals surface area contributed by atoms with Crippen LogP contribution in [-0.4, -0.2) is 47.9 Å². The predicted molar refractivity (Wildman–Crippen MR) is 117 cm³/mol. The smallest absolute Gasteiger partial charge is 0.273 e. The van der Waals surface area contributed by atoms with Gasteiger partial charge in [-0.15, -0.1) is 0 Å². The van der Waals surface area contributed by atoms with Gasteiger partial charge in [0.2, 0.25) is 0 Å². The number of anilines is 1. The first-order valence-corrected chi connectivity index (χ1v) is 10.2. The molecule has 1 heterocycles. The van der Waals surface area contributed by atoms with Crippen LogP contribution in [-0.2, 0) is 0 Å². The minimum atomic E-state index is -0.475. The van der Waals surface area contributed by atoms with Crippen molar-refractivity contribution in [3.05, 3.63) is 62.2 Å². The highest BCUT2D eigenvalue weighted by Gasteiger charge is 2.26. The number of aryl methyl sites for hydroxylation is 1. The van der Waals surface area contributed by atoms with E-state index < -0.39 is 4.92 Å². The number of nitro groups is 1. The summed E-state index contributed by atoms with van der Waals surface area (Å²) in [5.74, 6) is -0.319. The first-order chi connectivity index (χ1) is 13.7. The van der Waals surface area contributed by atoms with Gasteiger partial charge < -0.3 is 4.90 Å². The molecule has 0 unspecified atom stereocenters. The molecule has 2 aromatic carbocycles. The Morgan fingerprint density at radius 1 is 1.21 bits per heavy atom. The number of halogens is 1. The van der Waals surface area contributed by atoms with Crippen LogP contribution in [0, 0.1) is 24.0 Å². The average molecular weight is 433 g/mol. The number of carbonyl (C=O) groups excluding carboxylic acids is 1. The zero-order valence-corrected chi connectivity index (χ0v) is 18.2. The molecule has 0 aliphatic rings. The second kappa shape index (κ2) is 8.44. The molecule has 0 N–H and O–H groups in total. The lowest BCUT2D eigenvalue weighted by Crippen LogP contribution is -2.37. The molecule has 0 spiro atoms. The maximum Gasteiger partial charge on any atom is 0.273 e. The second-order valence-corrected chi connectivity index (χ2v) is 8.39. The van der Waals surface area contributed by atoms with Gasteiger partial charge in [-0.25, -0.2) is 4.98 Å². The van der Waals surface area contributed by atoms with E-state index in [9.17, 15) is 14.9 Å². The van der Waals surface area contributed by atoms with Gasteiger partial charge in [-0.05, 0) is 45.6 Å². The fourth-order valence-corrected chi connectivity index (χ4v) is 4.33. The molecule has 0 radical (unpaired) electrons. The number of thiazole rings is 1. The Balaban J connectivity index is 2.10. The Labute approximate surface area is 177 Å². The molecule has 0 atom stereocenters. The molecule has 0 aliphatic carbocycles. The van der Waals surface area contributed by atoms with Crippen LogP contribution in [0.2, 0.25) is 5.02 Å². The number of fused-ring (bicyclic) bond motifs is 1. The van der Waals surface area contributed by atoms with E-state index in [-0.39, 0.29) is 11.6 Å². The number of hydrogen-bond donors (Lipinski definition) is 0. The van der Waals surface area contributed by atoms with Crippen molar-refractivity contribution in [3.8, 4) is 0 Å². The van der Waals surface area contributed by atoms with E-state index >= 15 is 0 Å². The van der Waals surface area contributed by atoms with Crippen molar-refractivity contribution in [1.82, 2.24) is 9.88 Å². The summed E-state index contributed by atoms with van der Waals surface area (Å²) in [5, 5.41) is 12.4. The van der Waals surface area contributed by atoms with Crippen molar-refractivity contribution in [2.45, 2.75) is 13.8 Å². The average Bonchev–Trinajstić information content (AvgIpc) is 3.11. The van der Waals surface area contributed by atoms with Crippen molar-refractivity contribution in [3.63, 3.8) is 0 Å². The first kappa shape index (κ1) is 21.2. The number of hydrogen-bond acceptors (Lipinski definition) is 6. The number of aromatic nitrogens is 1. The number of carbonyl (C=O) groups is 1. The molecule has 0 saturated heterocycles. The zero-order valence-electron chi connectivity index (χ0n) is 16.6.